The molecule has 0 saturated carbocycles. The van der Waals surface area contributed by atoms with Gasteiger partial charge >= 0.3 is 0 Å². The van der Waals surface area contributed by atoms with E-state index in [1.807, 2.05) is 24.3 Å². The quantitative estimate of drug-likeness (QED) is 0.723. The molecule has 0 bridgehead atoms. The van der Waals surface area contributed by atoms with Crippen molar-refractivity contribution in [3.63, 3.8) is 0 Å². The van der Waals surface area contributed by atoms with Crippen LogP contribution in [0.1, 0.15) is 26.2 Å². The zero-order chi connectivity index (χ0) is 11.8. The third kappa shape index (κ3) is 4.11. The van der Waals surface area contributed by atoms with E-state index in [1.165, 1.54) is 0 Å². The monoisotopic (exact) mass is 223 g/mol. The van der Waals surface area contributed by atoms with Crippen molar-refractivity contribution in [2.75, 3.05) is 13.7 Å². The smallest absolute Gasteiger partial charge is 0.161 e. The van der Waals surface area contributed by atoms with Crippen LogP contribution in [0.15, 0.2) is 24.3 Å². The highest BCUT2D eigenvalue weighted by atomic mass is 16.5. The molecule has 1 unspecified atom stereocenters. The number of hydrogen-bond acceptors (Lipinski definition) is 3. The molecule has 1 aromatic rings. The number of hydrogen-bond donors (Lipinski definition) is 1. The molecular formula is C13H21NO2. The van der Waals surface area contributed by atoms with Crippen molar-refractivity contribution in [3.8, 4) is 11.5 Å². The van der Waals surface area contributed by atoms with Gasteiger partial charge in [-0.3, -0.25) is 0 Å². The molecule has 0 aliphatic carbocycles. The highest BCUT2D eigenvalue weighted by Gasteiger charge is 2.03. The van der Waals surface area contributed by atoms with E-state index >= 15 is 0 Å². The minimum absolute atomic E-state index is 0.293. The summed E-state index contributed by atoms with van der Waals surface area (Å²) < 4.78 is 10.8. The van der Waals surface area contributed by atoms with Gasteiger partial charge in [-0.15, -0.1) is 0 Å². The van der Waals surface area contributed by atoms with Gasteiger partial charge in [0.1, 0.15) is 0 Å². The molecule has 2 N–H and O–H groups in total. The molecule has 0 radical (unpaired) electrons. The summed E-state index contributed by atoms with van der Waals surface area (Å²) in [5, 5.41) is 0. The molecular weight excluding hydrogens is 202 g/mol. The van der Waals surface area contributed by atoms with E-state index in [-0.39, 0.29) is 0 Å². The summed E-state index contributed by atoms with van der Waals surface area (Å²) in [5.74, 6) is 1.58. The maximum absolute atomic E-state index is 5.83. The fraction of sp³-hybridized carbons (Fsp3) is 0.538. The van der Waals surface area contributed by atoms with Gasteiger partial charge in [0.05, 0.1) is 13.7 Å². The van der Waals surface area contributed by atoms with Crippen molar-refractivity contribution in [2.45, 2.75) is 32.2 Å². The van der Waals surface area contributed by atoms with Crippen molar-refractivity contribution in [2.24, 2.45) is 5.73 Å². The average Bonchev–Trinajstić information content (AvgIpc) is 2.34. The second-order valence-electron chi connectivity index (χ2n) is 3.81. The topological polar surface area (TPSA) is 44.5 Å². The van der Waals surface area contributed by atoms with E-state index in [0.29, 0.717) is 12.6 Å². The highest BCUT2D eigenvalue weighted by Crippen LogP contribution is 2.25. The molecule has 0 amide bonds. The lowest BCUT2D eigenvalue weighted by Crippen LogP contribution is -2.19. The Hall–Kier alpha value is -1.22. The van der Waals surface area contributed by atoms with E-state index in [4.69, 9.17) is 15.2 Å². The summed E-state index contributed by atoms with van der Waals surface area (Å²) >= 11 is 0. The van der Waals surface area contributed by atoms with Crippen molar-refractivity contribution >= 4 is 0 Å². The van der Waals surface area contributed by atoms with Crippen molar-refractivity contribution in [1.29, 1.82) is 0 Å². The summed E-state index contributed by atoms with van der Waals surface area (Å²) in [4.78, 5) is 0. The minimum Gasteiger partial charge on any atom is -0.493 e. The van der Waals surface area contributed by atoms with Gasteiger partial charge < -0.3 is 15.2 Å². The van der Waals surface area contributed by atoms with E-state index in [0.717, 1.165) is 30.8 Å². The normalized spacial score (nSPS) is 12.2. The van der Waals surface area contributed by atoms with Gasteiger partial charge in [-0.2, -0.15) is 0 Å². The van der Waals surface area contributed by atoms with E-state index in [1.54, 1.807) is 7.11 Å². The number of rotatable bonds is 7. The van der Waals surface area contributed by atoms with Crippen molar-refractivity contribution in [3.05, 3.63) is 24.3 Å². The van der Waals surface area contributed by atoms with Crippen molar-refractivity contribution < 1.29 is 9.47 Å². The molecule has 3 nitrogen and oxygen atoms in total. The Morgan fingerprint density at radius 1 is 1.25 bits per heavy atom. The average molecular weight is 223 g/mol. The molecule has 1 aromatic carbocycles. The van der Waals surface area contributed by atoms with Crippen LogP contribution < -0.4 is 15.2 Å². The van der Waals surface area contributed by atoms with Crippen LogP contribution in [0.4, 0.5) is 0 Å². The Morgan fingerprint density at radius 3 is 2.56 bits per heavy atom. The molecule has 0 fully saturated rings. The zero-order valence-electron chi connectivity index (χ0n) is 10.1. The largest absolute Gasteiger partial charge is 0.493 e. The molecule has 1 rings (SSSR count). The maximum Gasteiger partial charge on any atom is 0.161 e. The first-order valence-corrected chi connectivity index (χ1v) is 5.79. The van der Waals surface area contributed by atoms with Crippen LogP contribution in [-0.2, 0) is 0 Å². The van der Waals surface area contributed by atoms with Gasteiger partial charge in [0.25, 0.3) is 0 Å². The SMILES string of the molecule is CCC(N)CCCOc1ccccc1OC. The summed E-state index contributed by atoms with van der Waals surface area (Å²) in [5.41, 5.74) is 5.83. The van der Waals surface area contributed by atoms with Gasteiger partial charge in [-0.05, 0) is 31.4 Å². The number of ether oxygens (including phenoxy) is 2. The molecule has 16 heavy (non-hydrogen) atoms. The summed E-state index contributed by atoms with van der Waals surface area (Å²) in [6.45, 7) is 2.79. The lowest BCUT2D eigenvalue weighted by molar-refractivity contribution is 0.282. The van der Waals surface area contributed by atoms with Crippen LogP contribution in [0.5, 0.6) is 11.5 Å². The van der Waals surface area contributed by atoms with Gasteiger partial charge in [0, 0.05) is 6.04 Å². The summed E-state index contributed by atoms with van der Waals surface area (Å²) in [6.07, 6.45) is 3.01. The fourth-order valence-electron chi connectivity index (χ4n) is 1.47. The number of para-hydroxylation sites is 2. The second-order valence-corrected chi connectivity index (χ2v) is 3.81. The highest BCUT2D eigenvalue weighted by molar-refractivity contribution is 5.39. The van der Waals surface area contributed by atoms with Crippen LogP contribution in [0, 0.1) is 0 Å². The minimum atomic E-state index is 0.293. The molecule has 0 heterocycles. The Morgan fingerprint density at radius 2 is 1.94 bits per heavy atom. The molecule has 0 saturated heterocycles. The lowest BCUT2D eigenvalue weighted by atomic mass is 10.1. The molecule has 90 valence electrons. The number of benzene rings is 1. The predicted octanol–water partition coefficient (Wildman–Crippen LogP) is 2.59. The standard InChI is InChI=1S/C13H21NO2/c1-3-11(14)7-6-10-16-13-9-5-4-8-12(13)15-2/h4-5,8-9,11H,3,6-7,10,14H2,1-2H3. The maximum atomic E-state index is 5.83. The summed E-state index contributed by atoms with van der Waals surface area (Å²) in [6, 6.07) is 7.97. The molecule has 0 aliphatic heterocycles. The van der Waals surface area contributed by atoms with Gasteiger partial charge in [0.15, 0.2) is 11.5 Å². The molecule has 1 atom stereocenters. The number of nitrogens with two attached hydrogens (primary N) is 1. The van der Waals surface area contributed by atoms with Gasteiger partial charge in [-0.25, -0.2) is 0 Å². The zero-order valence-corrected chi connectivity index (χ0v) is 10.1. The number of methoxy groups -OCH3 is 1. The Labute approximate surface area is 97.6 Å². The molecule has 0 aliphatic rings. The van der Waals surface area contributed by atoms with E-state index < -0.39 is 0 Å². The molecule has 0 spiro atoms. The van der Waals surface area contributed by atoms with Crippen LogP contribution in [0.25, 0.3) is 0 Å². The van der Waals surface area contributed by atoms with E-state index in [2.05, 4.69) is 6.92 Å². The first-order valence-electron chi connectivity index (χ1n) is 5.79. The Kier molecular flexibility index (Phi) is 5.72. The van der Waals surface area contributed by atoms with Crippen molar-refractivity contribution in [1.82, 2.24) is 0 Å². The van der Waals surface area contributed by atoms with Gasteiger partial charge in [0.2, 0.25) is 0 Å². The second kappa shape index (κ2) is 7.12. The lowest BCUT2D eigenvalue weighted by Gasteiger charge is -2.11. The summed E-state index contributed by atoms with van der Waals surface area (Å²) in [7, 11) is 1.65. The first-order chi connectivity index (χ1) is 7.77. The third-order valence-corrected chi connectivity index (χ3v) is 2.57. The Balaban J connectivity index is 2.31. The Bertz CT molecular complexity index is 302. The molecule has 3 heteroatoms. The van der Waals surface area contributed by atoms with Gasteiger partial charge in [-0.1, -0.05) is 19.1 Å². The molecule has 0 aromatic heterocycles. The predicted molar refractivity (Wildman–Crippen MR) is 66.0 cm³/mol. The van der Waals surface area contributed by atoms with Crippen LogP contribution in [0.2, 0.25) is 0 Å². The first kappa shape index (κ1) is 12.8. The van der Waals surface area contributed by atoms with Crippen LogP contribution in [0.3, 0.4) is 0 Å². The van der Waals surface area contributed by atoms with Crippen LogP contribution in [-0.4, -0.2) is 19.8 Å². The van der Waals surface area contributed by atoms with E-state index in [9.17, 15) is 0 Å². The third-order valence-electron chi connectivity index (χ3n) is 2.57. The fourth-order valence-corrected chi connectivity index (χ4v) is 1.47. The van der Waals surface area contributed by atoms with Crippen LogP contribution >= 0.6 is 0 Å².